The summed E-state index contributed by atoms with van der Waals surface area (Å²) in [5.41, 5.74) is 5.60. The zero-order valence-electron chi connectivity index (χ0n) is 18.8. The Kier molecular flexibility index (Phi) is 7.94. The molecule has 0 aliphatic heterocycles. The second kappa shape index (κ2) is 11.5. The van der Waals surface area contributed by atoms with Crippen molar-refractivity contribution in [3.05, 3.63) is 106 Å². The molecule has 4 rings (SSSR count). The molecule has 0 spiro atoms. The summed E-state index contributed by atoms with van der Waals surface area (Å²) in [7, 11) is 0. The Labute approximate surface area is 207 Å². The van der Waals surface area contributed by atoms with Gasteiger partial charge >= 0.3 is 0 Å². The molecule has 0 heterocycles. The zero-order valence-corrected chi connectivity index (χ0v) is 20.4. The summed E-state index contributed by atoms with van der Waals surface area (Å²) in [6.45, 7) is 2.38. The molecular weight excluding hydrogens is 492 g/mol. The first kappa shape index (κ1) is 23.5. The van der Waals surface area contributed by atoms with Gasteiger partial charge in [-0.2, -0.15) is 5.10 Å². The fourth-order valence-electron chi connectivity index (χ4n) is 3.49. The van der Waals surface area contributed by atoms with Crippen molar-refractivity contribution in [3.8, 4) is 11.5 Å². The van der Waals surface area contributed by atoms with Gasteiger partial charge in [0.15, 0.2) is 6.61 Å². The summed E-state index contributed by atoms with van der Waals surface area (Å²) in [6.07, 6.45) is 2.57. The quantitative estimate of drug-likeness (QED) is 0.210. The van der Waals surface area contributed by atoms with Crippen LogP contribution in [-0.2, 0) is 17.8 Å². The highest BCUT2D eigenvalue weighted by molar-refractivity contribution is 9.10. The molecule has 0 saturated carbocycles. The Hall–Kier alpha value is -3.64. The highest BCUT2D eigenvalue weighted by Gasteiger charge is 2.09. The first-order chi connectivity index (χ1) is 16.6. The number of nitrogens with one attached hydrogen (secondary N) is 1. The van der Waals surface area contributed by atoms with Crippen LogP contribution in [0.3, 0.4) is 0 Å². The lowest BCUT2D eigenvalue weighted by Gasteiger charge is -2.12. The summed E-state index contributed by atoms with van der Waals surface area (Å²) in [5.74, 6) is 0.991. The molecule has 0 unspecified atom stereocenters. The minimum atomic E-state index is -0.340. The molecule has 0 bridgehead atoms. The van der Waals surface area contributed by atoms with Crippen LogP contribution in [0.1, 0.15) is 23.6 Å². The Bertz CT molecular complexity index is 1300. The SMILES string of the molecule is CCc1ccc(OCC(=O)N/N=C\c2c(OCc3cccc(Br)c3)ccc3ccccc23)cc1. The summed E-state index contributed by atoms with van der Waals surface area (Å²) < 4.78 is 12.7. The molecule has 4 aromatic carbocycles. The monoisotopic (exact) mass is 516 g/mol. The van der Waals surface area contributed by atoms with E-state index in [4.69, 9.17) is 9.47 Å². The van der Waals surface area contributed by atoms with Gasteiger partial charge in [0.05, 0.1) is 6.21 Å². The van der Waals surface area contributed by atoms with Crippen molar-refractivity contribution < 1.29 is 14.3 Å². The van der Waals surface area contributed by atoms with Crippen molar-refractivity contribution in [3.63, 3.8) is 0 Å². The van der Waals surface area contributed by atoms with Crippen LogP contribution in [0.5, 0.6) is 11.5 Å². The predicted octanol–water partition coefficient (Wildman–Crippen LogP) is 6.27. The molecule has 0 aliphatic carbocycles. The molecule has 0 atom stereocenters. The summed E-state index contributed by atoms with van der Waals surface area (Å²) in [6, 6.07) is 27.6. The number of hydrogen-bond donors (Lipinski definition) is 1. The largest absolute Gasteiger partial charge is 0.488 e. The van der Waals surface area contributed by atoms with Gasteiger partial charge in [0, 0.05) is 10.0 Å². The standard InChI is InChI=1S/C28H25BrN2O3/c1-2-20-10-13-24(14-11-20)33-19-28(32)31-30-17-26-25-9-4-3-7-22(25)12-15-27(26)34-18-21-6-5-8-23(29)16-21/h3-17H,2,18-19H2,1H3,(H,31,32)/b30-17-. The highest BCUT2D eigenvalue weighted by atomic mass is 79.9. The number of nitrogens with zero attached hydrogens (tertiary/aromatic N) is 1. The van der Waals surface area contributed by atoms with Gasteiger partial charge in [-0.05, 0) is 58.7 Å². The van der Waals surface area contributed by atoms with Crippen LogP contribution >= 0.6 is 15.9 Å². The minimum absolute atomic E-state index is 0.120. The molecule has 0 aromatic heterocycles. The van der Waals surface area contributed by atoms with Gasteiger partial charge in [0.1, 0.15) is 18.1 Å². The van der Waals surface area contributed by atoms with Crippen molar-refractivity contribution >= 4 is 38.8 Å². The summed E-state index contributed by atoms with van der Waals surface area (Å²) in [5, 5.41) is 6.21. The van der Waals surface area contributed by atoms with Crippen molar-refractivity contribution in [2.75, 3.05) is 6.61 Å². The van der Waals surface area contributed by atoms with Crippen LogP contribution in [0.15, 0.2) is 94.5 Å². The molecular formula is C28H25BrN2O3. The van der Waals surface area contributed by atoms with E-state index in [9.17, 15) is 4.79 Å². The topological polar surface area (TPSA) is 59.9 Å². The van der Waals surface area contributed by atoms with Crippen molar-refractivity contribution in [2.24, 2.45) is 5.10 Å². The molecule has 34 heavy (non-hydrogen) atoms. The van der Waals surface area contributed by atoms with E-state index in [-0.39, 0.29) is 12.5 Å². The number of aryl methyl sites for hydroxylation is 1. The van der Waals surface area contributed by atoms with Gasteiger partial charge < -0.3 is 9.47 Å². The first-order valence-electron chi connectivity index (χ1n) is 11.0. The third kappa shape index (κ3) is 6.23. The van der Waals surface area contributed by atoms with E-state index in [1.807, 2.05) is 84.9 Å². The molecule has 1 amide bonds. The van der Waals surface area contributed by atoms with Gasteiger partial charge in [-0.3, -0.25) is 4.79 Å². The van der Waals surface area contributed by atoms with Crippen molar-refractivity contribution in [2.45, 2.75) is 20.0 Å². The van der Waals surface area contributed by atoms with Crippen LogP contribution in [0.4, 0.5) is 0 Å². The van der Waals surface area contributed by atoms with E-state index in [2.05, 4.69) is 33.4 Å². The number of benzene rings is 4. The van der Waals surface area contributed by atoms with Crippen LogP contribution in [0, 0.1) is 0 Å². The highest BCUT2D eigenvalue weighted by Crippen LogP contribution is 2.27. The number of carbonyl (C=O) groups is 1. The molecule has 1 N–H and O–H groups in total. The number of hydrogen-bond acceptors (Lipinski definition) is 4. The maximum absolute atomic E-state index is 12.2. The Morgan fingerprint density at radius 2 is 1.76 bits per heavy atom. The van der Waals surface area contributed by atoms with Gasteiger partial charge in [0.25, 0.3) is 5.91 Å². The fraction of sp³-hybridized carbons (Fsp3) is 0.143. The molecule has 172 valence electrons. The maximum atomic E-state index is 12.2. The molecule has 0 saturated heterocycles. The average molecular weight is 517 g/mol. The number of halogens is 1. The maximum Gasteiger partial charge on any atom is 0.277 e. The lowest BCUT2D eigenvalue weighted by atomic mass is 10.0. The normalized spacial score (nSPS) is 11.0. The number of fused-ring (bicyclic) bond motifs is 1. The van der Waals surface area contributed by atoms with E-state index in [1.165, 1.54) is 5.56 Å². The van der Waals surface area contributed by atoms with Gasteiger partial charge in [-0.25, -0.2) is 5.43 Å². The Balaban J connectivity index is 1.44. The van der Waals surface area contributed by atoms with Crippen LogP contribution in [0.25, 0.3) is 10.8 Å². The lowest BCUT2D eigenvalue weighted by molar-refractivity contribution is -0.123. The van der Waals surface area contributed by atoms with E-state index in [1.54, 1.807) is 6.21 Å². The number of carbonyl (C=O) groups excluding carboxylic acids is 1. The molecule has 0 radical (unpaired) electrons. The fourth-order valence-corrected chi connectivity index (χ4v) is 3.94. The number of rotatable bonds is 9. The third-order valence-corrected chi connectivity index (χ3v) is 5.79. The van der Waals surface area contributed by atoms with Crippen molar-refractivity contribution in [1.82, 2.24) is 5.43 Å². The molecule has 5 nitrogen and oxygen atoms in total. The summed E-state index contributed by atoms with van der Waals surface area (Å²) >= 11 is 3.49. The number of amides is 1. The van der Waals surface area contributed by atoms with Gasteiger partial charge in [0.2, 0.25) is 0 Å². The molecule has 0 fully saturated rings. The molecule has 4 aromatic rings. The summed E-state index contributed by atoms with van der Waals surface area (Å²) in [4.78, 5) is 12.2. The predicted molar refractivity (Wildman–Crippen MR) is 139 cm³/mol. The average Bonchev–Trinajstić information content (AvgIpc) is 2.87. The van der Waals surface area contributed by atoms with E-state index in [0.717, 1.165) is 32.8 Å². The Morgan fingerprint density at radius 1 is 0.941 bits per heavy atom. The van der Waals surface area contributed by atoms with Gasteiger partial charge in [-0.15, -0.1) is 0 Å². The van der Waals surface area contributed by atoms with E-state index in [0.29, 0.717) is 18.1 Å². The van der Waals surface area contributed by atoms with Crippen LogP contribution < -0.4 is 14.9 Å². The molecule has 6 heteroatoms. The molecule has 0 aliphatic rings. The Morgan fingerprint density at radius 3 is 2.56 bits per heavy atom. The second-order valence-electron chi connectivity index (χ2n) is 7.70. The first-order valence-corrected chi connectivity index (χ1v) is 11.8. The van der Waals surface area contributed by atoms with Crippen LogP contribution in [0.2, 0.25) is 0 Å². The van der Waals surface area contributed by atoms with Crippen LogP contribution in [-0.4, -0.2) is 18.7 Å². The van der Waals surface area contributed by atoms with Crippen molar-refractivity contribution in [1.29, 1.82) is 0 Å². The number of ether oxygens (including phenoxy) is 2. The number of hydrazone groups is 1. The second-order valence-corrected chi connectivity index (χ2v) is 8.61. The van der Waals surface area contributed by atoms with Gasteiger partial charge in [-0.1, -0.05) is 77.5 Å². The van der Waals surface area contributed by atoms with E-state index < -0.39 is 0 Å². The zero-order chi connectivity index (χ0) is 23.8. The lowest BCUT2D eigenvalue weighted by Crippen LogP contribution is -2.24. The smallest absolute Gasteiger partial charge is 0.277 e. The minimum Gasteiger partial charge on any atom is -0.488 e. The third-order valence-electron chi connectivity index (χ3n) is 5.30. The van der Waals surface area contributed by atoms with E-state index >= 15 is 0 Å².